The molecular weight excluding hydrogens is 256 g/mol. The van der Waals surface area contributed by atoms with E-state index in [1.54, 1.807) is 7.11 Å². The molecule has 2 rings (SSSR count). The summed E-state index contributed by atoms with van der Waals surface area (Å²) in [7, 11) is 1.73. The van der Waals surface area contributed by atoms with Crippen LogP contribution in [0.3, 0.4) is 0 Å². The maximum Gasteiger partial charge on any atom is 0.123 e. The van der Waals surface area contributed by atoms with Gasteiger partial charge in [0, 0.05) is 23.9 Å². The standard InChI is InChI=1S/C15H24N2OS/c1-12(16)15(17-8-5-10-19-11-9-17)13-6-3-4-7-14(13)18-2/h3-4,6-7,12,15H,5,8-11,16H2,1-2H3. The number of rotatable bonds is 4. The Hall–Kier alpha value is -0.710. The Bertz CT molecular complexity index is 389. The number of thioether (sulfide) groups is 1. The Morgan fingerprint density at radius 3 is 2.79 bits per heavy atom. The largest absolute Gasteiger partial charge is 0.496 e. The molecule has 1 aliphatic rings. The number of methoxy groups -OCH3 is 1. The van der Waals surface area contributed by atoms with Gasteiger partial charge in [-0.05, 0) is 31.7 Å². The molecule has 4 heteroatoms. The van der Waals surface area contributed by atoms with Gasteiger partial charge in [0.15, 0.2) is 0 Å². The molecule has 1 heterocycles. The first-order valence-electron chi connectivity index (χ1n) is 6.94. The molecule has 0 saturated carbocycles. The summed E-state index contributed by atoms with van der Waals surface area (Å²) >= 11 is 2.04. The molecular formula is C15H24N2OS. The van der Waals surface area contributed by atoms with E-state index in [0.29, 0.717) is 0 Å². The maximum atomic E-state index is 6.27. The number of hydrogen-bond acceptors (Lipinski definition) is 4. The van der Waals surface area contributed by atoms with E-state index in [2.05, 4.69) is 24.0 Å². The lowest BCUT2D eigenvalue weighted by molar-refractivity contribution is 0.186. The Morgan fingerprint density at radius 1 is 1.26 bits per heavy atom. The van der Waals surface area contributed by atoms with Crippen LogP contribution in [0.15, 0.2) is 24.3 Å². The van der Waals surface area contributed by atoms with Crippen LogP contribution in [0.25, 0.3) is 0 Å². The van der Waals surface area contributed by atoms with Crippen molar-refractivity contribution in [3.05, 3.63) is 29.8 Å². The van der Waals surface area contributed by atoms with Gasteiger partial charge in [0.25, 0.3) is 0 Å². The van der Waals surface area contributed by atoms with Crippen LogP contribution in [0.2, 0.25) is 0 Å². The summed E-state index contributed by atoms with van der Waals surface area (Å²) in [6, 6.07) is 8.59. The third kappa shape index (κ3) is 3.65. The minimum absolute atomic E-state index is 0.0967. The fraction of sp³-hybridized carbons (Fsp3) is 0.600. The van der Waals surface area contributed by atoms with Gasteiger partial charge in [-0.15, -0.1) is 0 Å². The lowest BCUT2D eigenvalue weighted by atomic mass is 9.98. The number of ether oxygens (including phenoxy) is 1. The summed E-state index contributed by atoms with van der Waals surface area (Å²) in [6.07, 6.45) is 1.24. The molecule has 106 valence electrons. The fourth-order valence-electron chi connectivity index (χ4n) is 2.77. The van der Waals surface area contributed by atoms with Gasteiger partial charge in [0.1, 0.15) is 5.75 Å². The van der Waals surface area contributed by atoms with Gasteiger partial charge < -0.3 is 10.5 Å². The van der Waals surface area contributed by atoms with E-state index in [0.717, 1.165) is 18.8 Å². The van der Waals surface area contributed by atoms with E-state index in [1.165, 1.54) is 23.5 Å². The van der Waals surface area contributed by atoms with Gasteiger partial charge in [-0.3, -0.25) is 4.90 Å². The molecule has 1 aromatic rings. The number of benzene rings is 1. The van der Waals surface area contributed by atoms with E-state index in [-0.39, 0.29) is 12.1 Å². The van der Waals surface area contributed by atoms with Crippen molar-refractivity contribution in [2.45, 2.75) is 25.4 Å². The molecule has 1 saturated heterocycles. The topological polar surface area (TPSA) is 38.5 Å². The Labute approximate surface area is 120 Å². The summed E-state index contributed by atoms with van der Waals surface area (Å²) in [5.74, 6) is 3.40. The molecule has 0 aliphatic carbocycles. The maximum absolute atomic E-state index is 6.27. The number of para-hydroxylation sites is 1. The first-order chi connectivity index (χ1) is 9.24. The van der Waals surface area contributed by atoms with Gasteiger partial charge in [-0.1, -0.05) is 18.2 Å². The molecule has 1 aliphatic heterocycles. The van der Waals surface area contributed by atoms with E-state index in [4.69, 9.17) is 10.5 Å². The molecule has 0 radical (unpaired) electrons. The summed E-state index contributed by atoms with van der Waals surface area (Å²) < 4.78 is 5.51. The first kappa shape index (κ1) is 14.7. The van der Waals surface area contributed by atoms with Crippen molar-refractivity contribution in [2.75, 3.05) is 31.7 Å². The van der Waals surface area contributed by atoms with Crippen LogP contribution in [0.4, 0.5) is 0 Å². The van der Waals surface area contributed by atoms with Gasteiger partial charge in [-0.25, -0.2) is 0 Å². The van der Waals surface area contributed by atoms with Crippen LogP contribution in [0, 0.1) is 0 Å². The van der Waals surface area contributed by atoms with Crippen molar-refractivity contribution in [3.63, 3.8) is 0 Å². The van der Waals surface area contributed by atoms with E-state index < -0.39 is 0 Å². The van der Waals surface area contributed by atoms with Crippen molar-refractivity contribution < 1.29 is 4.74 Å². The quantitative estimate of drug-likeness (QED) is 0.920. The minimum Gasteiger partial charge on any atom is -0.496 e. The van der Waals surface area contributed by atoms with E-state index in [1.807, 2.05) is 23.9 Å². The second kappa shape index (κ2) is 7.17. The van der Waals surface area contributed by atoms with Gasteiger partial charge >= 0.3 is 0 Å². The molecule has 1 aromatic carbocycles. The zero-order valence-corrected chi connectivity index (χ0v) is 12.7. The zero-order chi connectivity index (χ0) is 13.7. The normalized spacial score (nSPS) is 20.6. The second-order valence-electron chi connectivity index (χ2n) is 5.05. The zero-order valence-electron chi connectivity index (χ0n) is 11.8. The third-order valence-electron chi connectivity index (χ3n) is 3.61. The Morgan fingerprint density at radius 2 is 2.05 bits per heavy atom. The van der Waals surface area contributed by atoms with E-state index >= 15 is 0 Å². The number of hydrogen-bond donors (Lipinski definition) is 1. The minimum atomic E-state index is 0.0967. The molecule has 1 fully saturated rings. The molecule has 0 amide bonds. The SMILES string of the molecule is COc1ccccc1C(C(C)N)N1CCCSCC1. The van der Waals surface area contributed by atoms with Crippen LogP contribution < -0.4 is 10.5 Å². The molecule has 0 aromatic heterocycles. The molecule has 0 spiro atoms. The van der Waals surface area contributed by atoms with Crippen molar-refractivity contribution in [3.8, 4) is 5.75 Å². The van der Waals surface area contributed by atoms with Crippen LogP contribution in [0.1, 0.15) is 24.9 Å². The summed E-state index contributed by atoms with van der Waals surface area (Å²) in [4.78, 5) is 2.52. The number of nitrogens with two attached hydrogens (primary N) is 1. The fourth-order valence-corrected chi connectivity index (χ4v) is 3.67. The van der Waals surface area contributed by atoms with Gasteiger partial charge in [0.05, 0.1) is 13.2 Å². The smallest absolute Gasteiger partial charge is 0.123 e. The summed E-state index contributed by atoms with van der Waals surface area (Å²) in [5.41, 5.74) is 7.48. The monoisotopic (exact) mass is 280 g/mol. The lowest BCUT2D eigenvalue weighted by Crippen LogP contribution is -2.40. The average Bonchev–Trinajstić information content (AvgIpc) is 2.68. The summed E-state index contributed by atoms with van der Waals surface area (Å²) in [6.45, 7) is 4.32. The van der Waals surface area contributed by atoms with Crippen LogP contribution in [-0.2, 0) is 0 Å². The van der Waals surface area contributed by atoms with Crippen molar-refractivity contribution in [2.24, 2.45) is 5.73 Å². The van der Waals surface area contributed by atoms with Crippen molar-refractivity contribution in [1.29, 1.82) is 0 Å². The lowest BCUT2D eigenvalue weighted by Gasteiger charge is -2.34. The second-order valence-corrected chi connectivity index (χ2v) is 6.27. The predicted molar refractivity (Wildman–Crippen MR) is 82.9 cm³/mol. The van der Waals surface area contributed by atoms with Crippen LogP contribution >= 0.6 is 11.8 Å². The molecule has 2 N–H and O–H groups in total. The highest BCUT2D eigenvalue weighted by molar-refractivity contribution is 7.99. The molecule has 2 atom stereocenters. The Kier molecular flexibility index (Phi) is 5.55. The van der Waals surface area contributed by atoms with Gasteiger partial charge in [0.2, 0.25) is 0 Å². The van der Waals surface area contributed by atoms with Gasteiger partial charge in [-0.2, -0.15) is 11.8 Å². The van der Waals surface area contributed by atoms with Crippen molar-refractivity contribution >= 4 is 11.8 Å². The Balaban J connectivity index is 2.28. The van der Waals surface area contributed by atoms with E-state index in [9.17, 15) is 0 Å². The third-order valence-corrected chi connectivity index (χ3v) is 4.65. The summed E-state index contributed by atoms with van der Waals surface area (Å²) in [5, 5.41) is 0. The highest BCUT2D eigenvalue weighted by Gasteiger charge is 2.27. The number of nitrogens with zero attached hydrogens (tertiary/aromatic N) is 1. The molecule has 2 unspecified atom stereocenters. The van der Waals surface area contributed by atoms with Crippen LogP contribution in [0.5, 0.6) is 5.75 Å². The van der Waals surface area contributed by atoms with Crippen LogP contribution in [-0.4, -0.2) is 42.6 Å². The average molecular weight is 280 g/mol. The highest BCUT2D eigenvalue weighted by Crippen LogP contribution is 2.32. The predicted octanol–water partition coefficient (Wildman–Crippen LogP) is 2.52. The molecule has 3 nitrogen and oxygen atoms in total. The highest BCUT2D eigenvalue weighted by atomic mass is 32.2. The molecule has 19 heavy (non-hydrogen) atoms. The van der Waals surface area contributed by atoms with Crippen molar-refractivity contribution in [1.82, 2.24) is 4.90 Å². The first-order valence-corrected chi connectivity index (χ1v) is 8.10. The molecule has 0 bridgehead atoms.